The number of hydrogen-bond donors (Lipinski definition) is 1. The van der Waals surface area contributed by atoms with Crippen LogP contribution in [0.3, 0.4) is 0 Å². The lowest BCUT2D eigenvalue weighted by molar-refractivity contribution is -0.122. The van der Waals surface area contributed by atoms with Crippen LogP contribution in [0, 0.1) is 0 Å². The molecule has 0 spiro atoms. The molecule has 4 aromatic rings. The Labute approximate surface area is 231 Å². The Balaban J connectivity index is 1.50. The molecule has 2 heterocycles. The SMILES string of the molecule is COc1ccc(N=C2S/C(=C/c3cc(OC)c(OC)cc3OC)C(=O)N2CCc2c[nH]c3ccccc23)cc1. The fraction of sp³-hybridized carbons (Fsp3) is 0.200. The molecule has 1 aliphatic heterocycles. The Morgan fingerprint density at radius 2 is 1.62 bits per heavy atom. The molecule has 5 rings (SSSR count). The van der Waals surface area contributed by atoms with Crippen LogP contribution in [0.4, 0.5) is 5.69 Å². The topological polar surface area (TPSA) is 85.4 Å². The van der Waals surface area contributed by atoms with E-state index in [9.17, 15) is 4.79 Å². The van der Waals surface area contributed by atoms with Crippen LogP contribution in [0.25, 0.3) is 17.0 Å². The number of nitrogens with zero attached hydrogens (tertiary/aromatic N) is 2. The third-order valence-electron chi connectivity index (χ3n) is 6.49. The van der Waals surface area contributed by atoms with Crippen molar-refractivity contribution in [2.45, 2.75) is 6.42 Å². The lowest BCUT2D eigenvalue weighted by Crippen LogP contribution is -2.31. The van der Waals surface area contributed by atoms with Crippen molar-refractivity contribution in [1.29, 1.82) is 0 Å². The molecule has 0 atom stereocenters. The molecule has 1 aromatic heterocycles. The Hall–Kier alpha value is -4.37. The number of para-hydroxylation sites is 1. The maximum Gasteiger partial charge on any atom is 0.266 e. The summed E-state index contributed by atoms with van der Waals surface area (Å²) in [5, 5.41) is 1.76. The molecule has 0 bridgehead atoms. The first-order chi connectivity index (χ1) is 19.0. The zero-order valence-corrected chi connectivity index (χ0v) is 23.0. The van der Waals surface area contributed by atoms with Gasteiger partial charge in [0.05, 0.1) is 39.0 Å². The summed E-state index contributed by atoms with van der Waals surface area (Å²) in [6.45, 7) is 0.475. The van der Waals surface area contributed by atoms with Crippen LogP contribution in [-0.4, -0.2) is 55.9 Å². The molecule has 9 heteroatoms. The van der Waals surface area contributed by atoms with Crippen molar-refractivity contribution in [3.8, 4) is 23.0 Å². The first-order valence-electron chi connectivity index (χ1n) is 12.3. The lowest BCUT2D eigenvalue weighted by atomic mass is 10.1. The van der Waals surface area contributed by atoms with Gasteiger partial charge in [-0.1, -0.05) is 18.2 Å². The predicted molar refractivity (Wildman–Crippen MR) is 155 cm³/mol. The molecule has 0 radical (unpaired) electrons. The van der Waals surface area contributed by atoms with E-state index in [0.717, 1.165) is 27.9 Å². The first-order valence-corrected chi connectivity index (χ1v) is 13.2. The smallest absolute Gasteiger partial charge is 0.266 e. The second kappa shape index (κ2) is 11.6. The number of amidine groups is 1. The summed E-state index contributed by atoms with van der Waals surface area (Å²) >= 11 is 1.33. The number of fused-ring (bicyclic) bond motifs is 1. The van der Waals surface area contributed by atoms with E-state index in [4.69, 9.17) is 23.9 Å². The van der Waals surface area contributed by atoms with Crippen molar-refractivity contribution in [3.05, 3.63) is 82.9 Å². The summed E-state index contributed by atoms with van der Waals surface area (Å²) in [5.74, 6) is 2.28. The second-order valence-electron chi connectivity index (χ2n) is 8.72. The Morgan fingerprint density at radius 3 is 2.33 bits per heavy atom. The van der Waals surface area contributed by atoms with E-state index < -0.39 is 0 Å². The van der Waals surface area contributed by atoms with E-state index >= 15 is 0 Å². The first kappa shape index (κ1) is 26.2. The number of amides is 1. The maximum atomic E-state index is 13.7. The zero-order valence-electron chi connectivity index (χ0n) is 22.2. The number of methoxy groups -OCH3 is 4. The average molecular weight is 544 g/mol. The van der Waals surface area contributed by atoms with Gasteiger partial charge < -0.3 is 23.9 Å². The van der Waals surface area contributed by atoms with Crippen LogP contribution in [0.5, 0.6) is 23.0 Å². The quantitative estimate of drug-likeness (QED) is 0.259. The van der Waals surface area contributed by atoms with Crippen LogP contribution < -0.4 is 18.9 Å². The molecule has 0 aliphatic carbocycles. The molecule has 1 amide bonds. The van der Waals surface area contributed by atoms with E-state index in [1.807, 2.05) is 54.7 Å². The van der Waals surface area contributed by atoms with Crippen LogP contribution in [0.1, 0.15) is 11.1 Å². The van der Waals surface area contributed by atoms with Gasteiger partial charge in [-0.05, 0) is 66.2 Å². The van der Waals surface area contributed by atoms with E-state index in [1.165, 1.54) is 11.8 Å². The third kappa shape index (κ3) is 5.44. The average Bonchev–Trinajstić information content (AvgIpc) is 3.51. The number of rotatable bonds is 9. The molecule has 200 valence electrons. The number of carbonyl (C=O) groups is 1. The molecule has 3 aromatic carbocycles. The van der Waals surface area contributed by atoms with Gasteiger partial charge in [-0.25, -0.2) is 4.99 Å². The minimum atomic E-state index is -0.121. The summed E-state index contributed by atoms with van der Waals surface area (Å²) in [5.41, 5.74) is 3.65. The maximum absolute atomic E-state index is 13.7. The molecule has 0 unspecified atom stereocenters. The number of carbonyl (C=O) groups excluding carboxylic acids is 1. The summed E-state index contributed by atoms with van der Waals surface area (Å²) in [7, 11) is 6.34. The molecule has 8 nitrogen and oxygen atoms in total. The van der Waals surface area contributed by atoms with Gasteiger partial charge in [0.1, 0.15) is 11.5 Å². The van der Waals surface area contributed by atoms with Gasteiger partial charge in [0.15, 0.2) is 16.7 Å². The molecular weight excluding hydrogens is 514 g/mol. The van der Waals surface area contributed by atoms with Crippen molar-refractivity contribution in [2.24, 2.45) is 4.99 Å². The lowest BCUT2D eigenvalue weighted by Gasteiger charge is -2.15. The highest BCUT2D eigenvalue weighted by molar-refractivity contribution is 8.18. The Bertz CT molecular complexity index is 1560. The van der Waals surface area contributed by atoms with Gasteiger partial charge in [0.2, 0.25) is 0 Å². The molecule has 0 saturated carbocycles. The number of nitrogens with one attached hydrogen (secondary N) is 1. The van der Waals surface area contributed by atoms with Crippen LogP contribution in [0.2, 0.25) is 0 Å². The van der Waals surface area contributed by atoms with E-state index in [-0.39, 0.29) is 5.91 Å². The number of aromatic nitrogens is 1. The molecule has 1 N–H and O–H groups in total. The summed E-state index contributed by atoms with van der Waals surface area (Å²) < 4.78 is 21.7. The van der Waals surface area contributed by atoms with Crippen molar-refractivity contribution in [2.75, 3.05) is 35.0 Å². The normalized spacial score (nSPS) is 15.4. The fourth-order valence-electron chi connectivity index (χ4n) is 4.43. The highest BCUT2D eigenvalue weighted by atomic mass is 32.2. The minimum Gasteiger partial charge on any atom is -0.497 e. The van der Waals surface area contributed by atoms with Crippen LogP contribution in [-0.2, 0) is 11.2 Å². The van der Waals surface area contributed by atoms with Crippen molar-refractivity contribution in [3.63, 3.8) is 0 Å². The summed E-state index contributed by atoms with van der Waals surface area (Å²) in [6, 6.07) is 19.1. The third-order valence-corrected chi connectivity index (χ3v) is 7.49. The van der Waals surface area contributed by atoms with Gasteiger partial charge >= 0.3 is 0 Å². The second-order valence-corrected chi connectivity index (χ2v) is 9.73. The van der Waals surface area contributed by atoms with Gasteiger partial charge in [0, 0.05) is 35.3 Å². The number of ether oxygens (including phenoxy) is 4. The number of H-pyrrole nitrogens is 1. The number of benzene rings is 3. The largest absolute Gasteiger partial charge is 0.497 e. The summed E-state index contributed by atoms with van der Waals surface area (Å²) in [4.78, 5) is 24.1. The molecule has 1 saturated heterocycles. The standard InChI is InChI=1S/C30H29N3O5S/c1-35-22-11-9-21(10-12-22)32-30-33(14-13-19-18-31-24-8-6-5-7-23(19)24)29(34)28(39-30)16-20-15-26(37-3)27(38-4)17-25(20)36-2/h5-12,15-18,31H,13-14H2,1-4H3/b28-16+,32-30?. The zero-order chi connectivity index (χ0) is 27.4. The predicted octanol–water partition coefficient (Wildman–Crippen LogP) is 6.05. The highest BCUT2D eigenvalue weighted by Gasteiger charge is 2.33. The van der Waals surface area contributed by atoms with E-state index in [2.05, 4.69) is 11.1 Å². The van der Waals surface area contributed by atoms with E-state index in [1.54, 1.807) is 45.5 Å². The minimum absolute atomic E-state index is 0.121. The van der Waals surface area contributed by atoms with Gasteiger partial charge in [-0.3, -0.25) is 9.69 Å². The van der Waals surface area contributed by atoms with E-state index in [0.29, 0.717) is 45.9 Å². The number of hydrogen-bond acceptors (Lipinski definition) is 7. The molecule has 1 aliphatic rings. The Morgan fingerprint density at radius 1 is 0.897 bits per heavy atom. The van der Waals surface area contributed by atoms with Gasteiger partial charge in [-0.15, -0.1) is 0 Å². The van der Waals surface area contributed by atoms with Gasteiger partial charge in [-0.2, -0.15) is 0 Å². The highest BCUT2D eigenvalue weighted by Crippen LogP contribution is 2.39. The van der Waals surface area contributed by atoms with Crippen molar-refractivity contribution < 1.29 is 23.7 Å². The number of aliphatic imine (C=N–C) groups is 1. The summed E-state index contributed by atoms with van der Waals surface area (Å²) in [6.07, 6.45) is 4.48. The monoisotopic (exact) mass is 543 g/mol. The molecule has 1 fully saturated rings. The van der Waals surface area contributed by atoms with Gasteiger partial charge in [0.25, 0.3) is 5.91 Å². The fourth-order valence-corrected chi connectivity index (χ4v) is 5.45. The van der Waals surface area contributed by atoms with Crippen molar-refractivity contribution >= 4 is 45.5 Å². The number of thioether (sulfide) groups is 1. The molecule has 39 heavy (non-hydrogen) atoms. The number of aromatic amines is 1. The van der Waals surface area contributed by atoms with Crippen LogP contribution in [0.15, 0.2) is 76.8 Å². The Kier molecular flexibility index (Phi) is 7.79. The molecular formula is C30H29N3O5S. The van der Waals surface area contributed by atoms with Crippen molar-refractivity contribution in [1.82, 2.24) is 9.88 Å². The van der Waals surface area contributed by atoms with Crippen LogP contribution >= 0.6 is 11.8 Å².